The van der Waals surface area contributed by atoms with Crippen molar-refractivity contribution >= 4 is 23.5 Å². The first kappa shape index (κ1) is 16.0. The van der Waals surface area contributed by atoms with Gasteiger partial charge < -0.3 is 19.6 Å². The molecule has 7 nitrogen and oxygen atoms in total. The fourth-order valence-corrected chi connectivity index (χ4v) is 2.17. The summed E-state index contributed by atoms with van der Waals surface area (Å²) in [6.45, 7) is 2.70. The lowest BCUT2D eigenvalue weighted by Gasteiger charge is -2.31. The van der Waals surface area contributed by atoms with Crippen LogP contribution in [-0.2, 0) is 19.1 Å². The van der Waals surface area contributed by atoms with Gasteiger partial charge in [-0.2, -0.15) is 0 Å². The molecule has 22 heavy (non-hydrogen) atoms. The minimum absolute atomic E-state index is 0.186. The molecule has 0 spiro atoms. The minimum atomic E-state index is -1.36. The first-order valence-electron chi connectivity index (χ1n) is 6.97. The molecule has 0 aliphatic carbocycles. The van der Waals surface area contributed by atoms with Gasteiger partial charge in [0.1, 0.15) is 0 Å². The number of piperazine rings is 1. The van der Waals surface area contributed by atoms with Gasteiger partial charge in [-0.25, -0.2) is 4.79 Å². The van der Waals surface area contributed by atoms with Crippen molar-refractivity contribution in [2.24, 2.45) is 0 Å². The number of carbonyl (C=O) groups is 3. The second-order valence-electron chi connectivity index (χ2n) is 4.93. The van der Waals surface area contributed by atoms with Crippen LogP contribution in [0.5, 0.6) is 0 Å². The number of nitrogens with zero attached hydrogens (tertiary/aromatic N) is 2. The molecule has 1 fully saturated rings. The van der Waals surface area contributed by atoms with Crippen molar-refractivity contribution < 1.29 is 24.2 Å². The summed E-state index contributed by atoms with van der Waals surface area (Å²) in [5.41, 5.74) is 0.918. The van der Waals surface area contributed by atoms with Crippen LogP contribution in [0.25, 0.3) is 0 Å². The van der Waals surface area contributed by atoms with E-state index >= 15 is 0 Å². The number of rotatable bonds is 4. The van der Waals surface area contributed by atoms with Crippen LogP contribution >= 0.6 is 0 Å². The van der Waals surface area contributed by atoms with Gasteiger partial charge in [-0.3, -0.25) is 9.59 Å². The molecule has 1 N–H and O–H groups in total. The normalized spacial score (nSPS) is 16.7. The van der Waals surface area contributed by atoms with Crippen molar-refractivity contribution in [2.45, 2.75) is 13.0 Å². The number of ether oxygens (including phenoxy) is 1. The number of hydrogen-bond donors (Lipinski definition) is 1. The van der Waals surface area contributed by atoms with E-state index in [1.54, 1.807) is 26.1 Å². The Labute approximate surface area is 128 Å². The zero-order valence-corrected chi connectivity index (χ0v) is 12.5. The molecule has 1 aromatic rings. The largest absolute Gasteiger partial charge is 0.464 e. The van der Waals surface area contributed by atoms with E-state index < -0.39 is 23.9 Å². The Kier molecular flexibility index (Phi) is 4.77. The average Bonchev–Trinajstić information content (AvgIpc) is 2.52. The summed E-state index contributed by atoms with van der Waals surface area (Å²) in [6, 6.07) is 6.25. The summed E-state index contributed by atoms with van der Waals surface area (Å²) in [7, 11) is 1.58. The summed E-state index contributed by atoms with van der Waals surface area (Å²) in [6.07, 6.45) is -1.36. The first-order chi connectivity index (χ1) is 10.5. The van der Waals surface area contributed by atoms with E-state index in [-0.39, 0.29) is 6.61 Å². The van der Waals surface area contributed by atoms with Crippen LogP contribution in [0.1, 0.15) is 18.6 Å². The molecule has 2 rings (SSSR count). The third kappa shape index (κ3) is 3.09. The lowest BCUT2D eigenvalue weighted by molar-refractivity contribution is -0.153. The Morgan fingerprint density at radius 2 is 1.86 bits per heavy atom. The summed E-state index contributed by atoms with van der Waals surface area (Å²) >= 11 is 0. The molecular formula is C15H18N2O5. The molecule has 1 saturated heterocycles. The molecule has 1 aromatic carbocycles. The summed E-state index contributed by atoms with van der Waals surface area (Å²) < 4.78 is 4.74. The van der Waals surface area contributed by atoms with Crippen LogP contribution in [0.2, 0.25) is 0 Å². The topological polar surface area (TPSA) is 87.2 Å². The van der Waals surface area contributed by atoms with Crippen LogP contribution < -0.4 is 4.90 Å². The Bertz CT molecular complexity index is 584. The standard InChI is InChI=1S/C15H18N2O5/c1-3-22-15(21)12(18)10-4-6-11(7-5-10)17-9-8-16(2)13(19)14(17)20/h4-7,12,18H,3,8-9H2,1-2H3. The Morgan fingerprint density at radius 3 is 2.45 bits per heavy atom. The number of aliphatic hydroxyl groups is 1. The number of hydrogen-bond acceptors (Lipinski definition) is 5. The average molecular weight is 306 g/mol. The zero-order valence-electron chi connectivity index (χ0n) is 12.5. The van der Waals surface area contributed by atoms with E-state index in [1.165, 1.54) is 21.9 Å². The summed E-state index contributed by atoms with van der Waals surface area (Å²) in [5.74, 6) is -1.87. The van der Waals surface area contributed by atoms with Crippen LogP contribution in [-0.4, -0.2) is 54.5 Å². The maximum Gasteiger partial charge on any atom is 0.339 e. The van der Waals surface area contributed by atoms with Gasteiger partial charge in [-0.1, -0.05) is 12.1 Å². The molecule has 0 saturated carbocycles. The molecule has 1 atom stereocenters. The molecule has 0 bridgehead atoms. The molecule has 7 heteroatoms. The van der Waals surface area contributed by atoms with Crippen LogP contribution in [0, 0.1) is 0 Å². The van der Waals surface area contributed by atoms with Crippen molar-refractivity contribution in [1.82, 2.24) is 4.90 Å². The van der Waals surface area contributed by atoms with Crippen LogP contribution in [0.4, 0.5) is 5.69 Å². The molecule has 1 unspecified atom stereocenters. The number of amides is 2. The number of aliphatic hydroxyl groups excluding tert-OH is 1. The number of esters is 1. The SMILES string of the molecule is CCOC(=O)C(O)c1ccc(N2CCN(C)C(=O)C2=O)cc1. The van der Waals surface area contributed by atoms with E-state index in [9.17, 15) is 19.5 Å². The van der Waals surface area contributed by atoms with E-state index in [1.807, 2.05) is 0 Å². The van der Waals surface area contributed by atoms with Gasteiger partial charge in [0, 0.05) is 25.8 Å². The minimum Gasteiger partial charge on any atom is -0.464 e. The van der Waals surface area contributed by atoms with Gasteiger partial charge in [0.2, 0.25) is 0 Å². The van der Waals surface area contributed by atoms with E-state index in [0.717, 1.165) is 0 Å². The van der Waals surface area contributed by atoms with Crippen molar-refractivity contribution in [1.29, 1.82) is 0 Å². The number of likely N-dealkylation sites (N-methyl/N-ethyl adjacent to an activating group) is 1. The first-order valence-corrected chi connectivity index (χ1v) is 6.97. The second-order valence-corrected chi connectivity index (χ2v) is 4.93. The maximum atomic E-state index is 12.0. The quantitative estimate of drug-likeness (QED) is 0.629. The van der Waals surface area contributed by atoms with E-state index in [2.05, 4.69) is 0 Å². The van der Waals surface area contributed by atoms with E-state index in [4.69, 9.17) is 4.74 Å². The number of benzene rings is 1. The second kappa shape index (κ2) is 6.57. The van der Waals surface area contributed by atoms with Crippen LogP contribution in [0.15, 0.2) is 24.3 Å². The number of carbonyl (C=O) groups excluding carboxylic acids is 3. The highest BCUT2D eigenvalue weighted by Gasteiger charge is 2.31. The predicted octanol–water partition coefficient (Wildman–Crippen LogP) is 0.0881. The van der Waals surface area contributed by atoms with Crippen molar-refractivity contribution in [3.8, 4) is 0 Å². The molecule has 1 heterocycles. The molecular weight excluding hydrogens is 288 g/mol. The van der Waals surface area contributed by atoms with E-state index in [0.29, 0.717) is 24.3 Å². The van der Waals surface area contributed by atoms with Crippen molar-refractivity contribution in [2.75, 3.05) is 31.6 Å². The monoisotopic (exact) mass is 306 g/mol. The van der Waals surface area contributed by atoms with Crippen LogP contribution in [0.3, 0.4) is 0 Å². The van der Waals surface area contributed by atoms with Gasteiger partial charge in [-0.05, 0) is 24.6 Å². The molecule has 0 aromatic heterocycles. The molecule has 2 amide bonds. The van der Waals surface area contributed by atoms with Crippen molar-refractivity contribution in [3.05, 3.63) is 29.8 Å². The third-order valence-electron chi connectivity index (χ3n) is 3.46. The Hall–Kier alpha value is -2.41. The maximum absolute atomic E-state index is 12.0. The van der Waals surface area contributed by atoms with Gasteiger partial charge in [0.15, 0.2) is 6.10 Å². The smallest absolute Gasteiger partial charge is 0.339 e. The highest BCUT2D eigenvalue weighted by molar-refractivity contribution is 6.40. The lowest BCUT2D eigenvalue weighted by atomic mass is 10.1. The zero-order chi connectivity index (χ0) is 16.3. The highest BCUT2D eigenvalue weighted by Crippen LogP contribution is 2.22. The Morgan fingerprint density at radius 1 is 1.23 bits per heavy atom. The molecule has 1 aliphatic heterocycles. The summed E-state index contributed by atoms with van der Waals surface area (Å²) in [5, 5.41) is 9.83. The highest BCUT2D eigenvalue weighted by atomic mass is 16.5. The molecule has 118 valence electrons. The lowest BCUT2D eigenvalue weighted by Crippen LogP contribution is -2.53. The molecule has 1 aliphatic rings. The van der Waals surface area contributed by atoms with Gasteiger partial charge in [0.25, 0.3) is 0 Å². The van der Waals surface area contributed by atoms with Gasteiger partial charge in [-0.15, -0.1) is 0 Å². The number of anilines is 1. The Balaban J connectivity index is 2.14. The van der Waals surface area contributed by atoms with Gasteiger partial charge >= 0.3 is 17.8 Å². The third-order valence-corrected chi connectivity index (χ3v) is 3.46. The predicted molar refractivity (Wildman–Crippen MR) is 78.0 cm³/mol. The van der Waals surface area contributed by atoms with Gasteiger partial charge in [0.05, 0.1) is 6.61 Å². The molecule has 0 radical (unpaired) electrons. The fraction of sp³-hybridized carbons (Fsp3) is 0.400. The fourth-order valence-electron chi connectivity index (χ4n) is 2.17. The van der Waals surface area contributed by atoms with Crippen molar-refractivity contribution in [3.63, 3.8) is 0 Å². The summed E-state index contributed by atoms with van der Waals surface area (Å²) in [4.78, 5) is 37.9.